The lowest BCUT2D eigenvalue weighted by molar-refractivity contribution is -0.137. The van der Waals surface area contributed by atoms with Crippen LogP contribution in [0.4, 0.5) is 24.9 Å². The van der Waals surface area contributed by atoms with Gasteiger partial charge < -0.3 is 16.0 Å². The normalized spacial score (nSPS) is 12.3. The van der Waals surface area contributed by atoms with Gasteiger partial charge in [-0.05, 0) is 47.7 Å². The van der Waals surface area contributed by atoms with Crippen molar-refractivity contribution in [2.45, 2.75) is 45.6 Å². The molecule has 0 bridgehead atoms. The van der Waals surface area contributed by atoms with Gasteiger partial charge in [-0.15, -0.1) is 0 Å². The summed E-state index contributed by atoms with van der Waals surface area (Å²) in [5.41, 5.74) is 0.764. The van der Waals surface area contributed by atoms with E-state index in [9.17, 15) is 18.0 Å². The molecule has 2 aromatic heterocycles. The molecular weight excluding hydrogens is 543 g/mol. The number of hydrogen-bond donors (Lipinski definition) is 3. The second kappa shape index (κ2) is 12.8. The fraction of sp³-hybridized carbons (Fsp3) is 0.286. The van der Waals surface area contributed by atoms with Gasteiger partial charge >= 0.3 is 6.18 Å². The van der Waals surface area contributed by atoms with Gasteiger partial charge in [-0.1, -0.05) is 49.7 Å². The number of carbonyl (C=O) groups is 1. The molecule has 2 aromatic carbocycles. The average molecular weight is 572 g/mol. The van der Waals surface area contributed by atoms with Crippen LogP contribution in [-0.4, -0.2) is 31.5 Å². The van der Waals surface area contributed by atoms with E-state index in [4.69, 9.17) is 11.6 Å². The number of amides is 1. The summed E-state index contributed by atoms with van der Waals surface area (Å²) in [7, 11) is 0. The standard InChI is InChI=1S/C28H29ClF3N7O/c1-18(2)12-23(26(40)34-15-19-6-8-21(9-7-19)28(30,31)32)36-24-14-25(39-11-10-33-17-39)38-27(37-24)35-16-20-4-3-5-22(29)13-20/h3-11,13-14,17-18,23H,12,15-16H2,1-2H3,(H,34,40)(H2,35,36,37,38)/t23-/m1/s1. The Balaban J connectivity index is 1.51. The summed E-state index contributed by atoms with van der Waals surface area (Å²) in [5, 5.41) is 9.86. The zero-order chi connectivity index (χ0) is 28.7. The van der Waals surface area contributed by atoms with E-state index in [1.165, 1.54) is 12.1 Å². The number of nitrogens with one attached hydrogen (secondary N) is 3. The molecule has 0 aliphatic carbocycles. The third-order valence-electron chi connectivity index (χ3n) is 5.91. The molecule has 0 radical (unpaired) electrons. The molecule has 0 aliphatic heterocycles. The molecule has 0 saturated heterocycles. The molecule has 1 amide bonds. The first-order valence-electron chi connectivity index (χ1n) is 12.6. The van der Waals surface area contributed by atoms with Gasteiger partial charge in [0.05, 0.1) is 5.56 Å². The third kappa shape index (κ3) is 8.19. The number of benzene rings is 2. The SMILES string of the molecule is CC(C)C[C@@H](Nc1cc(-n2ccnc2)nc(NCc2cccc(Cl)c2)n1)C(=O)NCc1ccc(C(F)(F)F)cc1. The van der Waals surface area contributed by atoms with E-state index in [1.807, 2.05) is 32.0 Å². The molecular formula is C28H29ClF3N7O. The van der Waals surface area contributed by atoms with Crippen LogP contribution in [0, 0.1) is 5.92 Å². The second-order valence-electron chi connectivity index (χ2n) is 9.63. The lowest BCUT2D eigenvalue weighted by Gasteiger charge is -2.21. The maximum absolute atomic E-state index is 13.2. The van der Waals surface area contributed by atoms with Gasteiger partial charge in [0.15, 0.2) is 0 Å². The Morgan fingerprint density at radius 1 is 1.02 bits per heavy atom. The van der Waals surface area contributed by atoms with Crippen LogP contribution in [0.5, 0.6) is 0 Å². The van der Waals surface area contributed by atoms with E-state index < -0.39 is 17.8 Å². The van der Waals surface area contributed by atoms with E-state index in [0.29, 0.717) is 41.1 Å². The van der Waals surface area contributed by atoms with Crippen LogP contribution in [-0.2, 0) is 24.1 Å². The molecule has 12 heteroatoms. The monoisotopic (exact) mass is 571 g/mol. The van der Waals surface area contributed by atoms with Crippen molar-refractivity contribution in [3.63, 3.8) is 0 Å². The van der Waals surface area contributed by atoms with Crippen molar-refractivity contribution in [1.29, 1.82) is 0 Å². The number of halogens is 4. The lowest BCUT2D eigenvalue weighted by Crippen LogP contribution is -2.40. The summed E-state index contributed by atoms with van der Waals surface area (Å²) < 4.78 is 40.3. The van der Waals surface area contributed by atoms with Crippen molar-refractivity contribution in [3.8, 4) is 5.82 Å². The first-order chi connectivity index (χ1) is 19.1. The Hall–Kier alpha value is -4.12. The molecule has 0 fully saturated rings. The third-order valence-corrected chi connectivity index (χ3v) is 6.15. The highest BCUT2D eigenvalue weighted by atomic mass is 35.5. The Kier molecular flexibility index (Phi) is 9.26. The number of carbonyl (C=O) groups excluding carboxylic acids is 1. The predicted octanol–water partition coefficient (Wildman–Crippen LogP) is 6.09. The van der Waals surface area contributed by atoms with Crippen molar-refractivity contribution < 1.29 is 18.0 Å². The Labute approximate surface area is 235 Å². The second-order valence-corrected chi connectivity index (χ2v) is 10.1. The van der Waals surface area contributed by atoms with Gasteiger partial charge in [0.2, 0.25) is 11.9 Å². The number of nitrogens with zero attached hydrogens (tertiary/aromatic N) is 4. The van der Waals surface area contributed by atoms with Gasteiger partial charge in [-0.2, -0.15) is 23.1 Å². The van der Waals surface area contributed by atoms with Crippen molar-refractivity contribution in [1.82, 2.24) is 24.8 Å². The van der Waals surface area contributed by atoms with Crippen molar-refractivity contribution in [2.75, 3.05) is 10.6 Å². The van der Waals surface area contributed by atoms with E-state index in [2.05, 4.69) is 30.9 Å². The van der Waals surface area contributed by atoms with Crippen LogP contribution in [0.25, 0.3) is 5.82 Å². The summed E-state index contributed by atoms with van der Waals surface area (Å²) in [4.78, 5) is 26.4. The number of imidazole rings is 1. The number of hydrogen-bond acceptors (Lipinski definition) is 6. The summed E-state index contributed by atoms with van der Waals surface area (Å²) >= 11 is 6.10. The van der Waals surface area contributed by atoms with Gasteiger partial charge in [-0.25, -0.2) is 4.98 Å². The molecule has 1 atom stereocenters. The fourth-order valence-electron chi connectivity index (χ4n) is 3.95. The molecule has 4 rings (SSSR count). The quantitative estimate of drug-likeness (QED) is 0.202. The molecule has 0 unspecified atom stereocenters. The van der Waals surface area contributed by atoms with Crippen LogP contribution in [0.2, 0.25) is 5.02 Å². The highest BCUT2D eigenvalue weighted by molar-refractivity contribution is 6.30. The number of anilines is 2. The zero-order valence-corrected chi connectivity index (χ0v) is 22.7. The first-order valence-corrected chi connectivity index (χ1v) is 13.0. The molecule has 2 heterocycles. The molecule has 0 saturated carbocycles. The Bertz CT molecular complexity index is 1410. The zero-order valence-electron chi connectivity index (χ0n) is 21.9. The van der Waals surface area contributed by atoms with Crippen LogP contribution in [0.3, 0.4) is 0 Å². The largest absolute Gasteiger partial charge is 0.416 e. The van der Waals surface area contributed by atoms with E-state index in [-0.39, 0.29) is 18.4 Å². The van der Waals surface area contributed by atoms with Crippen molar-refractivity contribution >= 4 is 29.3 Å². The maximum atomic E-state index is 13.2. The minimum Gasteiger partial charge on any atom is -0.358 e. The molecule has 8 nitrogen and oxygen atoms in total. The predicted molar refractivity (Wildman–Crippen MR) is 148 cm³/mol. The van der Waals surface area contributed by atoms with E-state index in [1.54, 1.807) is 35.4 Å². The first kappa shape index (κ1) is 28.9. The summed E-state index contributed by atoms with van der Waals surface area (Å²) in [5.74, 6) is 1.16. The van der Waals surface area contributed by atoms with Crippen LogP contribution in [0.1, 0.15) is 37.0 Å². The minimum atomic E-state index is -4.41. The van der Waals surface area contributed by atoms with Crippen LogP contribution in [0.15, 0.2) is 73.3 Å². The molecule has 210 valence electrons. The van der Waals surface area contributed by atoms with Crippen molar-refractivity contribution in [2.24, 2.45) is 5.92 Å². The molecule has 40 heavy (non-hydrogen) atoms. The van der Waals surface area contributed by atoms with Gasteiger partial charge in [0.1, 0.15) is 24.0 Å². The highest BCUT2D eigenvalue weighted by Gasteiger charge is 2.30. The Morgan fingerprint density at radius 2 is 1.80 bits per heavy atom. The van der Waals surface area contributed by atoms with Gasteiger partial charge in [-0.3, -0.25) is 9.36 Å². The highest BCUT2D eigenvalue weighted by Crippen LogP contribution is 2.29. The number of aromatic nitrogens is 4. The minimum absolute atomic E-state index is 0.0871. The summed E-state index contributed by atoms with van der Waals surface area (Å²) in [6.07, 6.45) is 1.06. The molecule has 4 aromatic rings. The Morgan fingerprint density at radius 3 is 2.45 bits per heavy atom. The molecule has 0 aliphatic rings. The summed E-state index contributed by atoms with van der Waals surface area (Å²) in [6.45, 7) is 4.50. The van der Waals surface area contributed by atoms with Crippen LogP contribution >= 0.6 is 11.6 Å². The smallest absolute Gasteiger partial charge is 0.358 e. The average Bonchev–Trinajstić information content (AvgIpc) is 3.45. The fourth-order valence-corrected chi connectivity index (χ4v) is 4.16. The number of alkyl halides is 3. The lowest BCUT2D eigenvalue weighted by atomic mass is 10.0. The van der Waals surface area contributed by atoms with E-state index >= 15 is 0 Å². The van der Waals surface area contributed by atoms with Crippen LogP contribution < -0.4 is 16.0 Å². The summed E-state index contributed by atoms with van der Waals surface area (Å²) in [6, 6.07) is 13.2. The van der Waals surface area contributed by atoms with Crippen molar-refractivity contribution in [3.05, 3.63) is 95.0 Å². The van der Waals surface area contributed by atoms with E-state index in [0.717, 1.165) is 17.7 Å². The molecule has 3 N–H and O–H groups in total. The molecule has 0 spiro atoms. The topological polar surface area (TPSA) is 96.8 Å². The van der Waals surface area contributed by atoms with Gasteiger partial charge in [0.25, 0.3) is 0 Å². The number of rotatable bonds is 11. The van der Waals surface area contributed by atoms with Gasteiger partial charge in [0, 0.05) is 36.6 Å². The maximum Gasteiger partial charge on any atom is 0.416 e.